The van der Waals surface area contributed by atoms with E-state index in [-0.39, 0.29) is 11.8 Å². The topological polar surface area (TPSA) is 103 Å². The first kappa shape index (κ1) is 43.4. The average molecular weight is 971 g/mol. The fourth-order valence-electron chi connectivity index (χ4n) is 11.6. The molecule has 76 heavy (non-hydrogen) atoms. The van der Waals surface area contributed by atoms with E-state index in [2.05, 4.69) is 190 Å². The highest BCUT2D eigenvalue weighted by Crippen LogP contribution is 2.57. The van der Waals surface area contributed by atoms with E-state index in [0.717, 1.165) is 100 Å². The summed E-state index contributed by atoms with van der Waals surface area (Å²) in [6.45, 7) is 0. The Hall–Kier alpha value is -10.2. The molecule has 0 N–H and O–H groups in total. The first-order chi connectivity index (χ1) is 37.6. The summed E-state index contributed by atoms with van der Waals surface area (Å²) in [4.78, 5) is 39.5. The van der Waals surface area contributed by atoms with Gasteiger partial charge in [-0.1, -0.05) is 170 Å². The average Bonchev–Trinajstić information content (AvgIpc) is 3.66. The van der Waals surface area contributed by atoms with Crippen LogP contribution in [-0.2, 0) is 0 Å². The molecule has 4 aromatic heterocycles. The Morgan fingerprint density at radius 2 is 0.579 bits per heavy atom. The largest absolute Gasteiger partial charge is 0.253 e. The van der Waals surface area contributed by atoms with E-state index in [4.69, 9.17) is 19.9 Å². The highest BCUT2D eigenvalue weighted by Gasteiger charge is 2.41. The molecule has 2 atom stereocenters. The molecule has 0 fully saturated rings. The van der Waals surface area contributed by atoms with Crippen molar-refractivity contribution in [3.05, 3.63) is 277 Å². The summed E-state index contributed by atoms with van der Waals surface area (Å²) in [6, 6.07) is 77.2. The Labute approximate surface area is 438 Å². The van der Waals surface area contributed by atoms with Crippen molar-refractivity contribution in [1.82, 2.24) is 39.9 Å². The van der Waals surface area contributed by atoms with Crippen molar-refractivity contribution < 1.29 is 0 Å². The van der Waals surface area contributed by atoms with Crippen LogP contribution in [0.1, 0.15) is 45.2 Å². The summed E-state index contributed by atoms with van der Waals surface area (Å²) < 4.78 is 0. The summed E-state index contributed by atoms with van der Waals surface area (Å²) in [5, 5.41) is 0. The monoisotopic (exact) mass is 970 g/mol. The minimum absolute atomic E-state index is 0.0196. The number of aromatic nitrogens is 8. The summed E-state index contributed by atoms with van der Waals surface area (Å²) >= 11 is 0. The van der Waals surface area contributed by atoms with Gasteiger partial charge in [-0.05, 0) is 104 Å². The zero-order chi connectivity index (χ0) is 50.1. The van der Waals surface area contributed by atoms with Gasteiger partial charge in [0, 0.05) is 70.0 Å². The molecule has 3 aliphatic rings. The lowest BCUT2D eigenvalue weighted by Crippen LogP contribution is -2.27. The lowest BCUT2D eigenvalue weighted by atomic mass is 9.60. The Kier molecular flexibility index (Phi) is 10.2. The van der Waals surface area contributed by atoms with Crippen molar-refractivity contribution in [1.29, 1.82) is 0 Å². The second kappa shape index (κ2) is 17.8. The predicted octanol–water partition coefficient (Wildman–Crippen LogP) is 15.5. The fourth-order valence-corrected chi connectivity index (χ4v) is 11.6. The number of benzene rings is 9. The first-order valence-electron chi connectivity index (χ1n) is 25.5. The van der Waals surface area contributed by atoms with Crippen molar-refractivity contribution in [2.45, 2.75) is 11.8 Å². The van der Waals surface area contributed by atoms with Gasteiger partial charge in [0.15, 0.2) is 11.6 Å². The van der Waals surface area contributed by atoms with Crippen LogP contribution in [0.2, 0.25) is 0 Å². The Balaban J connectivity index is 0.850. The molecule has 354 valence electrons. The molecule has 3 aliphatic carbocycles. The van der Waals surface area contributed by atoms with Gasteiger partial charge in [-0.15, -0.1) is 0 Å². The lowest BCUT2D eigenvalue weighted by Gasteiger charge is -2.42. The molecular formula is C68H42N8. The maximum absolute atomic E-state index is 5.33. The third-order valence-electron chi connectivity index (χ3n) is 15.1. The molecule has 8 heteroatoms. The molecule has 0 radical (unpaired) electrons. The molecule has 0 amide bonds. The minimum Gasteiger partial charge on any atom is -0.253 e. The number of rotatable bonds is 8. The van der Waals surface area contributed by atoms with E-state index in [1.54, 1.807) is 24.8 Å². The van der Waals surface area contributed by atoms with Crippen molar-refractivity contribution in [2.75, 3.05) is 0 Å². The van der Waals surface area contributed by atoms with Gasteiger partial charge in [0.25, 0.3) is 0 Å². The number of fused-ring (bicyclic) bond motifs is 2. The highest BCUT2D eigenvalue weighted by atomic mass is 14.9. The minimum atomic E-state index is 0.0196. The summed E-state index contributed by atoms with van der Waals surface area (Å²) in [5.74, 6) is 1.38. The molecule has 0 saturated carbocycles. The van der Waals surface area contributed by atoms with Crippen LogP contribution >= 0.6 is 0 Å². The second-order valence-electron chi connectivity index (χ2n) is 19.4. The lowest BCUT2D eigenvalue weighted by molar-refractivity contribution is 0.755. The highest BCUT2D eigenvalue weighted by molar-refractivity contribution is 5.90. The van der Waals surface area contributed by atoms with Gasteiger partial charge in [-0.2, -0.15) is 0 Å². The molecule has 16 rings (SSSR count). The van der Waals surface area contributed by atoms with Gasteiger partial charge in [-0.25, -0.2) is 19.9 Å². The van der Waals surface area contributed by atoms with Gasteiger partial charge >= 0.3 is 0 Å². The maximum atomic E-state index is 5.33. The summed E-state index contributed by atoms with van der Waals surface area (Å²) in [7, 11) is 0. The normalized spacial score (nSPS) is 14.1. The smallest absolute Gasteiger partial charge is 0.160 e. The standard InChI is InChI=1S/C68H42N8/c1-3-13-41(14-4-1)67-73-59(39-61(75-67)49-19-9-7-17-47(49)43-25-29-57-63(37-43)71-33-31-69-57)45-23-27-53-55(35-45)65-51-21-11-12-22-52(51)66(53)56-36-46(24-28-54(56)65)60-40-62(76-68(74-60)42-15-5-2-6-16-42)50-20-10-8-18-48(50)44-26-30-58-64(38-44)72-34-32-70-58/h1-40,65-66H. The second-order valence-corrected chi connectivity index (χ2v) is 19.4. The van der Waals surface area contributed by atoms with Gasteiger partial charge < -0.3 is 0 Å². The van der Waals surface area contributed by atoms with Gasteiger partial charge in [-0.3, -0.25) is 19.9 Å². The number of nitrogens with zero attached hydrogens (tertiary/aromatic N) is 8. The van der Waals surface area contributed by atoms with Crippen molar-refractivity contribution in [3.63, 3.8) is 0 Å². The van der Waals surface area contributed by atoms with Crippen LogP contribution in [0.5, 0.6) is 0 Å². The van der Waals surface area contributed by atoms with E-state index in [1.807, 2.05) is 48.5 Å². The SMILES string of the molecule is c1ccc(-c2nc(-c3ccc4c(c3)C3c5ccccc5C4c4cc(-c5cc(-c6ccccc6-c6ccc7nccnc7c6)nc(-c6ccccc6)n5)ccc43)cc(-c3ccccc3-c3ccc4nccnc4c3)n2)cc1. The van der Waals surface area contributed by atoms with Crippen LogP contribution in [0, 0.1) is 0 Å². The van der Waals surface area contributed by atoms with Gasteiger partial charge in [0.2, 0.25) is 0 Å². The van der Waals surface area contributed by atoms with Crippen LogP contribution in [0.3, 0.4) is 0 Å². The van der Waals surface area contributed by atoms with Crippen LogP contribution in [0.25, 0.3) is 112 Å². The van der Waals surface area contributed by atoms with Crippen molar-refractivity contribution >= 4 is 22.1 Å². The number of hydrogen-bond donors (Lipinski definition) is 0. The van der Waals surface area contributed by atoms with E-state index >= 15 is 0 Å². The summed E-state index contributed by atoms with van der Waals surface area (Å²) in [5.41, 5.74) is 24.9. The number of hydrogen-bond acceptors (Lipinski definition) is 8. The molecule has 0 spiro atoms. The van der Waals surface area contributed by atoms with Crippen molar-refractivity contribution in [3.8, 4) is 90.1 Å². The zero-order valence-electron chi connectivity index (χ0n) is 40.8. The third kappa shape index (κ3) is 7.37. The molecule has 0 saturated heterocycles. The van der Waals surface area contributed by atoms with E-state index in [1.165, 1.54) is 33.4 Å². The molecule has 2 unspecified atom stereocenters. The Morgan fingerprint density at radius 3 is 1.03 bits per heavy atom. The molecule has 8 nitrogen and oxygen atoms in total. The van der Waals surface area contributed by atoms with Crippen LogP contribution < -0.4 is 0 Å². The fraction of sp³-hybridized carbons (Fsp3) is 0.0294. The first-order valence-corrected chi connectivity index (χ1v) is 25.5. The molecule has 4 heterocycles. The van der Waals surface area contributed by atoms with Crippen LogP contribution in [0.4, 0.5) is 0 Å². The van der Waals surface area contributed by atoms with Gasteiger partial charge in [0.05, 0.1) is 44.8 Å². The molecule has 2 bridgehead atoms. The molecular weight excluding hydrogens is 929 g/mol. The molecule has 9 aromatic carbocycles. The Bertz CT molecular complexity index is 4160. The predicted molar refractivity (Wildman–Crippen MR) is 302 cm³/mol. The quantitative estimate of drug-likeness (QED) is 0.148. The Morgan fingerprint density at radius 1 is 0.224 bits per heavy atom. The van der Waals surface area contributed by atoms with Crippen molar-refractivity contribution in [2.24, 2.45) is 0 Å². The van der Waals surface area contributed by atoms with Crippen LogP contribution in [0.15, 0.2) is 243 Å². The third-order valence-corrected chi connectivity index (χ3v) is 15.1. The van der Waals surface area contributed by atoms with E-state index in [0.29, 0.717) is 11.6 Å². The van der Waals surface area contributed by atoms with E-state index < -0.39 is 0 Å². The zero-order valence-corrected chi connectivity index (χ0v) is 40.8. The van der Waals surface area contributed by atoms with Gasteiger partial charge in [0.1, 0.15) is 0 Å². The molecule has 0 aliphatic heterocycles. The van der Waals surface area contributed by atoms with Crippen LogP contribution in [-0.4, -0.2) is 39.9 Å². The summed E-state index contributed by atoms with van der Waals surface area (Å²) in [6.07, 6.45) is 6.93. The maximum Gasteiger partial charge on any atom is 0.160 e. The van der Waals surface area contributed by atoms with E-state index in [9.17, 15) is 0 Å². The molecule has 13 aromatic rings.